The molecule has 0 spiro atoms. The van der Waals surface area contributed by atoms with Gasteiger partial charge in [0, 0.05) is 63.6 Å². The molecule has 2 atom stereocenters. The summed E-state index contributed by atoms with van der Waals surface area (Å²) in [4.78, 5) is 48.0. The maximum atomic E-state index is 13.6. The molecule has 9 heteroatoms. The zero-order valence-corrected chi connectivity index (χ0v) is 21.8. The average molecular weight is 504 g/mol. The van der Waals surface area contributed by atoms with Crippen LogP contribution >= 0.6 is 0 Å². The van der Waals surface area contributed by atoms with Crippen LogP contribution in [0.3, 0.4) is 0 Å². The third kappa shape index (κ3) is 5.56. The summed E-state index contributed by atoms with van der Waals surface area (Å²) in [6.07, 6.45) is 1.97. The van der Waals surface area contributed by atoms with Crippen LogP contribution in [0.15, 0.2) is 48.7 Å². The quantitative estimate of drug-likeness (QED) is 0.419. The molecule has 2 aromatic heterocycles. The van der Waals surface area contributed by atoms with Crippen molar-refractivity contribution in [1.82, 2.24) is 14.9 Å². The van der Waals surface area contributed by atoms with Gasteiger partial charge in [0.05, 0.1) is 28.5 Å². The first-order valence-electron chi connectivity index (χ1n) is 12.2. The van der Waals surface area contributed by atoms with E-state index in [0.29, 0.717) is 41.4 Å². The number of carbonyl (C=O) groups is 3. The molecule has 0 aliphatic heterocycles. The topological polar surface area (TPSA) is 116 Å². The summed E-state index contributed by atoms with van der Waals surface area (Å²) in [5, 5.41) is 6.11. The molecule has 0 saturated carbocycles. The molecule has 1 aliphatic rings. The molecule has 2 amide bonds. The number of H-pyrrole nitrogens is 1. The van der Waals surface area contributed by atoms with Crippen molar-refractivity contribution >= 4 is 34.8 Å². The second-order valence-corrected chi connectivity index (χ2v) is 9.90. The molecule has 194 valence electrons. The van der Waals surface area contributed by atoms with Crippen LogP contribution in [0, 0.1) is 5.41 Å². The maximum absolute atomic E-state index is 13.6. The predicted octanol–water partition coefficient (Wildman–Crippen LogP) is 4.41. The van der Waals surface area contributed by atoms with Crippen LogP contribution in [-0.4, -0.2) is 59.3 Å². The zero-order chi connectivity index (χ0) is 26.7. The highest BCUT2D eigenvalue weighted by atomic mass is 16.5. The van der Waals surface area contributed by atoms with Gasteiger partial charge in [-0.15, -0.1) is 0 Å². The number of nitrogens with one attached hydrogen (secondary N) is 3. The second kappa shape index (κ2) is 10.6. The molecular weight excluding hydrogens is 470 g/mol. The number of anilines is 3. The Kier molecular flexibility index (Phi) is 7.45. The Bertz CT molecular complexity index is 1320. The molecule has 1 aromatic carbocycles. The van der Waals surface area contributed by atoms with Gasteiger partial charge in [0.1, 0.15) is 5.82 Å². The normalized spacial score (nSPS) is 17.6. The number of methoxy groups -OCH3 is 1. The summed E-state index contributed by atoms with van der Waals surface area (Å²) in [5.41, 5.74) is 3.27. The van der Waals surface area contributed by atoms with Crippen molar-refractivity contribution in [2.45, 2.75) is 39.7 Å². The van der Waals surface area contributed by atoms with Crippen molar-refractivity contribution in [3.63, 3.8) is 0 Å². The van der Waals surface area contributed by atoms with E-state index in [0.717, 1.165) is 11.3 Å². The zero-order valence-electron chi connectivity index (χ0n) is 21.8. The van der Waals surface area contributed by atoms with Crippen LogP contribution in [0.25, 0.3) is 11.3 Å². The van der Waals surface area contributed by atoms with Gasteiger partial charge >= 0.3 is 0 Å². The molecule has 1 unspecified atom stereocenters. The highest BCUT2D eigenvalue weighted by Gasteiger charge is 2.44. The summed E-state index contributed by atoms with van der Waals surface area (Å²) >= 11 is 0. The van der Waals surface area contributed by atoms with Crippen molar-refractivity contribution < 1.29 is 19.1 Å². The van der Waals surface area contributed by atoms with E-state index < -0.39 is 5.41 Å². The van der Waals surface area contributed by atoms with Crippen LogP contribution < -0.4 is 10.6 Å². The number of pyridine rings is 1. The number of carbonyl (C=O) groups excluding carboxylic acids is 3. The standard InChI is InChI=1S/C28H33N5O4/c1-17(37-5)16-33(4)27(36)28(3)14-21-24(22(35)15-28)26(31-20-9-7-6-8-10-20)25(32-21)19-11-12-29-23(13-19)30-18(2)34/h6-13,17,31-32H,14-16H2,1-5H3,(H,29,30,34)/t17-,28?/m0/s1. The number of nitrogens with zero attached hydrogens (tertiary/aromatic N) is 2. The molecule has 9 nitrogen and oxygen atoms in total. The van der Waals surface area contributed by atoms with Gasteiger partial charge in [-0.05, 0) is 38.1 Å². The number of amides is 2. The number of ketones is 1. The predicted molar refractivity (Wildman–Crippen MR) is 143 cm³/mol. The molecule has 0 radical (unpaired) electrons. The largest absolute Gasteiger partial charge is 0.380 e. The fourth-order valence-corrected chi connectivity index (χ4v) is 4.88. The Morgan fingerprint density at radius 1 is 1.22 bits per heavy atom. The van der Waals surface area contributed by atoms with E-state index in [4.69, 9.17) is 4.74 Å². The highest BCUT2D eigenvalue weighted by Crippen LogP contribution is 2.44. The first kappa shape index (κ1) is 26.1. The number of Topliss-reactive ketones (excluding diaryl/α,β-unsaturated/α-hetero) is 1. The first-order valence-corrected chi connectivity index (χ1v) is 12.2. The smallest absolute Gasteiger partial charge is 0.229 e. The van der Waals surface area contributed by atoms with Crippen LogP contribution in [0.4, 0.5) is 17.2 Å². The van der Waals surface area contributed by atoms with E-state index in [9.17, 15) is 14.4 Å². The van der Waals surface area contributed by atoms with Gasteiger partial charge in [-0.3, -0.25) is 14.4 Å². The maximum Gasteiger partial charge on any atom is 0.229 e. The molecule has 1 aliphatic carbocycles. The van der Waals surface area contributed by atoms with Crippen molar-refractivity contribution in [3.8, 4) is 11.3 Å². The van der Waals surface area contributed by atoms with Gasteiger partial charge in [0.2, 0.25) is 11.8 Å². The van der Waals surface area contributed by atoms with Gasteiger partial charge in [-0.2, -0.15) is 0 Å². The Morgan fingerprint density at radius 3 is 2.62 bits per heavy atom. The molecule has 0 saturated heterocycles. The van der Waals surface area contributed by atoms with Gasteiger partial charge in [-0.1, -0.05) is 18.2 Å². The Balaban J connectivity index is 1.77. The van der Waals surface area contributed by atoms with Crippen LogP contribution in [0.2, 0.25) is 0 Å². The number of benzene rings is 1. The van der Waals surface area contributed by atoms with Crippen LogP contribution in [0.5, 0.6) is 0 Å². The van der Waals surface area contributed by atoms with Gasteiger partial charge in [0.15, 0.2) is 5.78 Å². The minimum atomic E-state index is -0.891. The summed E-state index contributed by atoms with van der Waals surface area (Å²) in [7, 11) is 3.35. The number of ether oxygens (including phenoxy) is 1. The lowest BCUT2D eigenvalue weighted by Crippen LogP contribution is -2.47. The van der Waals surface area contributed by atoms with Crippen molar-refractivity contribution in [3.05, 3.63) is 59.9 Å². The number of fused-ring (bicyclic) bond motifs is 1. The fraction of sp³-hybridized carbons (Fsp3) is 0.357. The molecule has 3 aromatic rings. The van der Waals surface area contributed by atoms with Crippen molar-refractivity contribution in [2.24, 2.45) is 5.41 Å². The Morgan fingerprint density at radius 2 is 1.95 bits per heavy atom. The minimum Gasteiger partial charge on any atom is -0.380 e. The molecule has 4 rings (SSSR count). The van der Waals surface area contributed by atoms with E-state index in [-0.39, 0.29) is 30.1 Å². The molecular formula is C28H33N5O4. The summed E-state index contributed by atoms with van der Waals surface area (Å²) < 4.78 is 5.32. The van der Waals surface area contributed by atoms with Crippen LogP contribution in [-0.2, 0) is 20.7 Å². The summed E-state index contributed by atoms with van der Waals surface area (Å²) in [6, 6.07) is 13.2. The first-order chi connectivity index (χ1) is 17.6. The number of aromatic amines is 1. The van der Waals surface area contributed by atoms with E-state index in [1.54, 1.807) is 31.3 Å². The molecule has 3 N–H and O–H groups in total. The highest BCUT2D eigenvalue weighted by molar-refractivity contribution is 6.10. The lowest BCUT2D eigenvalue weighted by Gasteiger charge is -2.35. The molecule has 37 heavy (non-hydrogen) atoms. The third-order valence-electron chi connectivity index (χ3n) is 6.67. The number of hydrogen-bond acceptors (Lipinski definition) is 6. The Hall–Kier alpha value is -3.98. The van der Waals surface area contributed by atoms with Crippen molar-refractivity contribution in [2.75, 3.05) is 31.3 Å². The Labute approximate surface area is 216 Å². The number of hydrogen-bond donors (Lipinski definition) is 3. The van der Waals surface area contributed by atoms with E-state index >= 15 is 0 Å². The van der Waals surface area contributed by atoms with Crippen molar-refractivity contribution in [1.29, 1.82) is 0 Å². The van der Waals surface area contributed by atoms with Gasteiger partial charge in [-0.25, -0.2) is 4.98 Å². The molecule has 2 heterocycles. The summed E-state index contributed by atoms with van der Waals surface area (Å²) in [6.45, 7) is 5.60. The average Bonchev–Trinajstić information content (AvgIpc) is 3.21. The molecule has 0 fully saturated rings. The van der Waals surface area contributed by atoms with Gasteiger partial charge < -0.3 is 25.3 Å². The third-order valence-corrected chi connectivity index (χ3v) is 6.67. The van der Waals surface area contributed by atoms with Crippen LogP contribution in [0.1, 0.15) is 43.2 Å². The van der Waals surface area contributed by atoms with E-state index in [2.05, 4.69) is 20.6 Å². The number of likely N-dealkylation sites (N-methyl/N-ethyl adjacent to an activating group) is 1. The van der Waals surface area contributed by atoms with Gasteiger partial charge in [0.25, 0.3) is 0 Å². The van der Waals surface area contributed by atoms with E-state index in [1.165, 1.54) is 6.92 Å². The van der Waals surface area contributed by atoms with E-state index in [1.807, 2.05) is 50.2 Å². The summed E-state index contributed by atoms with van der Waals surface area (Å²) in [5.74, 6) is -0.0266. The SMILES string of the molecule is CO[C@@H](C)CN(C)C(=O)C1(C)CC(=O)c2c([nH]c(-c3ccnc(NC(C)=O)c3)c2Nc2ccccc2)C1. The minimum absolute atomic E-state index is 0.0960. The number of rotatable bonds is 8. The monoisotopic (exact) mass is 503 g/mol. The fourth-order valence-electron chi connectivity index (χ4n) is 4.88. The number of aromatic nitrogens is 2. The lowest BCUT2D eigenvalue weighted by molar-refractivity contribution is -0.141. The number of para-hydroxylation sites is 1. The lowest BCUT2D eigenvalue weighted by atomic mass is 9.73. The molecule has 0 bridgehead atoms. The second-order valence-electron chi connectivity index (χ2n) is 9.90.